The summed E-state index contributed by atoms with van der Waals surface area (Å²) in [5.74, 6) is -4.18. The van der Waals surface area contributed by atoms with Crippen LogP contribution in [0.15, 0.2) is 0 Å². The summed E-state index contributed by atoms with van der Waals surface area (Å²) < 4.78 is 26.0. The number of hydrogen-bond acceptors (Lipinski definition) is 2. The lowest BCUT2D eigenvalue weighted by molar-refractivity contribution is -0.151. The normalized spacial score (nSPS) is 35.2. The Labute approximate surface area is 75.1 Å². The predicted molar refractivity (Wildman–Crippen MR) is 42.3 cm³/mol. The van der Waals surface area contributed by atoms with E-state index in [9.17, 15) is 13.6 Å². The molecule has 0 saturated carbocycles. The van der Waals surface area contributed by atoms with Crippen LogP contribution >= 0.6 is 0 Å². The van der Waals surface area contributed by atoms with Crippen molar-refractivity contribution >= 4 is 5.91 Å². The van der Waals surface area contributed by atoms with E-state index >= 15 is 0 Å². The smallest absolute Gasteiger partial charge is 0.315 e. The molecule has 5 heteroatoms. The maximum atomic E-state index is 13.0. The lowest BCUT2D eigenvalue weighted by Gasteiger charge is -2.30. The molecule has 0 spiro atoms. The average Bonchev–Trinajstić information content (AvgIpc) is 2.35. The number of carbonyl (C=O) groups is 1. The first-order valence-corrected chi connectivity index (χ1v) is 4.31. The third-order valence-corrected chi connectivity index (χ3v) is 2.76. The number of fused-ring (bicyclic) bond motifs is 1. The highest BCUT2D eigenvalue weighted by atomic mass is 19.3. The van der Waals surface area contributed by atoms with Gasteiger partial charge in [-0.25, -0.2) is 0 Å². The van der Waals surface area contributed by atoms with Gasteiger partial charge >= 0.3 is 5.92 Å². The fourth-order valence-electron chi connectivity index (χ4n) is 2.14. The molecule has 2 rings (SSSR count). The monoisotopic (exact) mass is 190 g/mol. The Hall–Kier alpha value is -0.710. The Morgan fingerprint density at radius 1 is 1.54 bits per heavy atom. The molecule has 2 aliphatic heterocycles. The first-order valence-electron chi connectivity index (χ1n) is 4.31. The Morgan fingerprint density at radius 3 is 2.69 bits per heavy atom. The van der Waals surface area contributed by atoms with Crippen LogP contribution in [0.4, 0.5) is 8.78 Å². The van der Waals surface area contributed by atoms with Gasteiger partial charge in [-0.2, -0.15) is 8.78 Å². The Balaban J connectivity index is 2.32. The van der Waals surface area contributed by atoms with Gasteiger partial charge in [-0.05, 0) is 13.8 Å². The molecule has 2 aliphatic rings. The molecule has 0 aromatic heterocycles. The third-order valence-electron chi connectivity index (χ3n) is 2.76. The van der Waals surface area contributed by atoms with Crippen LogP contribution in [0.25, 0.3) is 0 Å². The van der Waals surface area contributed by atoms with E-state index in [1.807, 2.05) is 0 Å². The van der Waals surface area contributed by atoms with E-state index in [2.05, 4.69) is 5.32 Å². The van der Waals surface area contributed by atoms with Crippen LogP contribution < -0.4 is 5.32 Å². The minimum absolute atomic E-state index is 0.336. The van der Waals surface area contributed by atoms with Crippen molar-refractivity contribution in [1.29, 1.82) is 0 Å². The highest BCUT2D eigenvalue weighted by molar-refractivity contribution is 5.87. The van der Waals surface area contributed by atoms with Crippen molar-refractivity contribution in [3.05, 3.63) is 0 Å². The SMILES string of the molecule is CC1(C)NC[C@@H]2CC(F)(F)C(=O)N21. The molecule has 0 aromatic carbocycles. The van der Waals surface area contributed by atoms with Crippen molar-refractivity contribution < 1.29 is 13.6 Å². The number of alkyl halides is 2. The first kappa shape index (κ1) is 8.87. The van der Waals surface area contributed by atoms with Gasteiger partial charge < -0.3 is 4.90 Å². The van der Waals surface area contributed by atoms with Crippen LogP contribution in [-0.4, -0.2) is 35.0 Å². The highest BCUT2D eigenvalue weighted by Crippen LogP contribution is 2.39. The molecular weight excluding hydrogens is 178 g/mol. The summed E-state index contributed by atoms with van der Waals surface area (Å²) in [6, 6.07) is -0.336. The number of hydrogen-bond donors (Lipinski definition) is 1. The summed E-state index contributed by atoms with van der Waals surface area (Å²) in [4.78, 5) is 12.5. The second-order valence-corrected chi connectivity index (χ2v) is 4.18. The number of nitrogens with one attached hydrogen (secondary N) is 1. The van der Waals surface area contributed by atoms with Crippen molar-refractivity contribution in [2.45, 2.75) is 37.9 Å². The van der Waals surface area contributed by atoms with E-state index in [0.717, 1.165) is 0 Å². The molecule has 1 amide bonds. The zero-order valence-corrected chi connectivity index (χ0v) is 7.60. The van der Waals surface area contributed by atoms with Gasteiger partial charge in [0.2, 0.25) is 0 Å². The first-order chi connectivity index (χ1) is 5.84. The minimum Gasteiger partial charge on any atom is -0.315 e. The largest absolute Gasteiger partial charge is 0.326 e. The maximum Gasteiger partial charge on any atom is 0.326 e. The van der Waals surface area contributed by atoms with Crippen LogP contribution in [0.1, 0.15) is 20.3 Å². The van der Waals surface area contributed by atoms with Crippen LogP contribution in [0.5, 0.6) is 0 Å². The third kappa shape index (κ3) is 1.06. The van der Waals surface area contributed by atoms with E-state index in [-0.39, 0.29) is 12.5 Å². The molecule has 1 N–H and O–H groups in total. The van der Waals surface area contributed by atoms with Crippen molar-refractivity contribution in [2.24, 2.45) is 0 Å². The molecule has 13 heavy (non-hydrogen) atoms. The summed E-state index contributed by atoms with van der Waals surface area (Å²) in [5, 5.41) is 3.04. The number of nitrogens with zero attached hydrogens (tertiary/aromatic N) is 1. The molecule has 2 heterocycles. The summed E-state index contributed by atoms with van der Waals surface area (Å²) in [6.45, 7) is 3.95. The van der Waals surface area contributed by atoms with Gasteiger partial charge in [0.1, 0.15) is 0 Å². The topological polar surface area (TPSA) is 32.3 Å². The Kier molecular flexibility index (Phi) is 1.50. The van der Waals surface area contributed by atoms with Gasteiger partial charge in [0.25, 0.3) is 5.91 Å². The van der Waals surface area contributed by atoms with Gasteiger partial charge in [-0.1, -0.05) is 0 Å². The standard InChI is InChI=1S/C8H12F2N2O/c1-7(2)11-4-5-3-8(9,10)6(13)12(5)7/h5,11H,3-4H2,1-2H3/t5-/m0/s1. The number of carbonyl (C=O) groups excluding carboxylic acids is 1. The maximum absolute atomic E-state index is 13.0. The molecule has 1 atom stereocenters. The molecule has 0 radical (unpaired) electrons. The Morgan fingerprint density at radius 2 is 2.15 bits per heavy atom. The zero-order chi connectivity index (χ0) is 9.85. The van der Waals surface area contributed by atoms with Gasteiger partial charge in [0, 0.05) is 13.0 Å². The molecule has 0 aromatic rings. The molecule has 2 fully saturated rings. The predicted octanol–water partition coefficient (Wildman–Crippen LogP) is 0.562. The van der Waals surface area contributed by atoms with Gasteiger partial charge in [-0.3, -0.25) is 10.1 Å². The lowest BCUT2D eigenvalue weighted by Crippen LogP contribution is -2.50. The minimum atomic E-state index is -3.15. The van der Waals surface area contributed by atoms with E-state index in [4.69, 9.17) is 0 Å². The molecule has 0 aliphatic carbocycles. The number of rotatable bonds is 0. The Bertz CT molecular complexity index is 265. The van der Waals surface area contributed by atoms with Crippen LogP contribution in [0.3, 0.4) is 0 Å². The van der Waals surface area contributed by atoms with Crippen molar-refractivity contribution in [3.63, 3.8) is 0 Å². The van der Waals surface area contributed by atoms with Gasteiger partial charge in [0.15, 0.2) is 0 Å². The zero-order valence-electron chi connectivity index (χ0n) is 7.60. The van der Waals surface area contributed by atoms with E-state index in [1.54, 1.807) is 13.8 Å². The molecule has 0 bridgehead atoms. The average molecular weight is 190 g/mol. The summed E-state index contributed by atoms with van der Waals surface area (Å²) in [5.41, 5.74) is -0.623. The molecular formula is C8H12F2N2O. The van der Waals surface area contributed by atoms with E-state index in [1.165, 1.54) is 4.90 Å². The van der Waals surface area contributed by atoms with Crippen LogP contribution in [-0.2, 0) is 4.79 Å². The van der Waals surface area contributed by atoms with Crippen molar-refractivity contribution in [3.8, 4) is 0 Å². The number of amides is 1. The fourth-order valence-corrected chi connectivity index (χ4v) is 2.14. The quantitative estimate of drug-likeness (QED) is 0.605. The summed E-state index contributed by atoms with van der Waals surface area (Å²) in [6.07, 6.45) is -0.345. The van der Waals surface area contributed by atoms with E-state index < -0.39 is 17.5 Å². The molecule has 74 valence electrons. The molecule has 2 saturated heterocycles. The second-order valence-electron chi connectivity index (χ2n) is 4.18. The van der Waals surface area contributed by atoms with Crippen LogP contribution in [0, 0.1) is 0 Å². The summed E-state index contributed by atoms with van der Waals surface area (Å²) >= 11 is 0. The van der Waals surface area contributed by atoms with Crippen molar-refractivity contribution in [2.75, 3.05) is 6.54 Å². The second kappa shape index (κ2) is 2.20. The summed E-state index contributed by atoms with van der Waals surface area (Å²) in [7, 11) is 0. The van der Waals surface area contributed by atoms with Gasteiger partial charge in [0.05, 0.1) is 11.7 Å². The molecule has 3 nitrogen and oxygen atoms in total. The van der Waals surface area contributed by atoms with Crippen LogP contribution in [0.2, 0.25) is 0 Å². The van der Waals surface area contributed by atoms with Crippen molar-refractivity contribution in [1.82, 2.24) is 10.2 Å². The number of halogens is 2. The van der Waals surface area contributed by atoms with Gasteiger partial charge in [-0.15, -0.1) is 0 Å². The highest BCUT2D eigenvalue weighted by Gasteiger charge is 2.59. The van der Waals surface area contributed by atoms with E-state index in [0.29, 0.717) is 6.54 Å². The lowest BCUT2D eigenvalue weighted by atomic mass is 10.2. The fraction of sp³-hybridized carbons (Fsp3) is 0.875. The molecule has 0 unspecified atom stereocenters.